The molecule has 1 saturated carbocycles. The molecule has 0 aromatic rings. The summed E-state index contributed by atoms with van der Waals surface area (Å²) in [6.45, 7) is 3.79. The predicted octanol–water partition coefficient (Wildman–Crippen LogP) is 11.7. The molecule has 14 heteroatoms. The highest BCUT2D eigenvalue weighted by atomic mass is 31.2. The van der Waals surface area contributed by atoms with Crippen LogP contribution in [-0.2, 0) is 18.4 Å². The highest BCUT2D eigenvalue weighted by Crippen LogP contribution is 2.47. The highest BCUT2D eigenvalue weighted by Gasteiger charge is 2.51. The largest absolute Gasteiger partial charge is 0.472 e. The molecule has 0 bridgehead atoms. The van der Waals surface area contributed by atoms with Gasteiger partial charge in [0.25, 0.3) is 0 Å². The van der Waals surface area contributed by atoms with Crippen molar-refractivity contribution in [2.45, 2.75) is 326 Å². The van der Waals surface area contributed by atoms with Crippen LogP contribution in [0.1, 0.15) is 271 Å². The monoisotopic (exact) mass is 1010 g/mol. The molecule has 13 nitrogen and oxygen atoms in total. The number of aliphatic hydroxyl groups is 7. The maximum absolute atomic E-state index is 13.1. The van der Waals surface area contributed by atoms with Crippen LogP contribution in [0.25, 0.3) is 0 Å². The number of phosphoric acid groups is 1. The van der Waals surface area contributed by atoms with Crippen molar-refractivity contribution in [2.24, 2.45) is 0 Å². The fourth-order valence-electron chi connectivity index (χ4n) is 9.48. The fraction of sp³-hybridized carbons (Fsp3) is 0.945. The lowest BCUT2D eigenvalue weighted by Gasteiger charge is -2.41. The van der Waals surface area contributed by atoms with Crippen LogP contribution in [0.3, 0.4) is 0 Å². The maximum Gasteiger partial charge on any atom is 0.472 e. The number of hydrogen-bond donors (Lipinski definition) is 9. The third kappa shape index (κ3) is 35.8. The quantitative estimate of drug-likeness (QED) is 0.0158. The van der Waals surface area contributed by atoms with Gasteiger partial charge in [0.2, 0.25) is 5.91 Å². The van der Waals surface area contributed by atoms with E-state index < -0.39 is 75.2 Å². The summed E-state index contributed by atoms with van der Waals surface area (Å²) in [5.74, 6) is -0.586. The highest BCUT2D eigenvalue weighted by molar-refractivity contribution is 7.47. The molecule has 1 rings (SSSR count). The third-order valence-electron chi connectivity index (χ3n) is 14.1. The summed E-state index contributed by atoms with van der Waals surface area (Å²) in [7, 11) is -5.14. The van der Waals surface area contributed by atoms with Gasteiger partial charge in [0, 0.05) is 0 Å². The number of nitrogens with one attached hydrogen (secondary N) is 1. The van der Waals surface area contributed by atoms with Crippen molar-refractivity contribution in [3.8, 4) is 0 Å². The Morgan fingerprint density at radius 1 is 0.507 bits per heavy atom. The fourth-order valence-corrected chi connectivity index (χ4v) is 10.4. The summed E-state index contributed by atoms with van der Waals surface area (Å²) in [5.41, 5.74) is 0. The van der Waals surface area contributed by atoms with Crippen LogP contribution >= 0.6 is 7.82 Å². The van der Waals surface area contributed by atoms with E-state index in [4.69, 9.17) is 9.05 Å². The summed E-state index contributed by atoms with van der Waals surface area (Å²) in [4.78, 5) is 23.6. The van der Waals surface area contributed by atoms with Crippen LogP contribution in [0.2, 0.25) is 0 Å². The van der Waals surface area contributed by atoms with Crippen LogP contribution in [0.15, 0.2) is 12.2 Å². The summed E-state index contributed by atoms with van der Waals surface area (Å²) in [6.07, 6.45) is 37.2. The summed E-state index contributed by atoms with van der Waals surface area (Å²) >= 11 is 0. The molecule has 8 atom stereocenters. The molecular weight excluding hydrogens is 898 g/mol. The Morgan fingerprint density at radius 3 is 1.19 bits per heavy atom. The Morgan fingerprint density at radius 2 is 0.826 bits per heavy atom. The van der Waals surface area contributed by atoms with E-state index in [0.29, 0.717) is 12.8 Å². The smallest absolute Gasteiger partial charge is 0.393 e. The molecule has 410 valence electrons. The van der Waals surface area contributed by atoms with Gasteiger partial charge in [-0.1, -0.05) is 257 Å². The molecular formula is C55H108NO12P. The van der Waals surface area contributed by atoms with Gasteiger partial charge in [-0.2, -0.15) is 0 Å². The van der Waals surface area contributed by atoms with Crippen molar-refractivity contribution >= 4 is 13.7 Å². The minimum Gasteiger partial charge on any atom is -0.393 e. The van der Waals surface area contributed by atoms with Gasteiger partial charge in [-0.3, -0.25) is 13.8 Å². The summed E-state index contributed by atoms with van der Waals surface area (Å²) in [5, 5.41) is 74.9. The Hall–Kier alpha value is -0.960. The molecule has 1 fully saturated rings. The van der Waals surface area contributed by atoms with Crippen LogP contribution in [0.4, 0.5) is 0 Å². The van der Waals surface area contributed by atoms with E-state index in [9.17, 15) is 50.0 Å². The standard InChI is InChI=1S/C55H108NO12P/c1-3-5-7-9-11-13-15-17-19-21-23-24-25-26-28-30-32-34-36-38-40-42-46(57)44-49(59)56-47(45-67-69(65,66)68-55-53(63)51(61)50(60)52(62)54(55)64)48(58)43-41-39-37-35-33-31-29-27-22-20-18-16-14-12-10-8-6-4-2/h41,43,46-48,50-55,57-58,60-64H,3-40,42,44-45H2,1-2H3,(H,56,59)(H,65,66)/b43-41+. The van der Waals surface area contributed by atoms with Gasteiger partial charge >= 0.3 is 7.82 Å². The first-order valence-corrected chi connectivity index (χ1v) is 30.2. The van der Waals surface area contributed by atoms with Gasteiger partial charge in [0.05, 0.1) is 31.3 Å². The topological polar surface area (TPSA) is 226 Å². The van der Waals surface area contributed by atoms with Crippen molar-refractivity contribution in [3.63, 3.8) is 0 Å². The second-order valence-electron chi connectivity index (χ2n) is 20.7. The number of unbranched alkanes of at least 4 members (excludes halogenated alkanes) is 36. The van der Waals surface area contributed by atoms with Gasteiger partial charge in [0.15, 0.2) is 0 Å². The first kappa shape index (κ1) is 66.1. The average Bonchev–Trinajstić information content (AvgIpc) is 3.32. The molecule has 69 heavy (non-hydrogen) atoms. The molecule has 1 amide bonds. The number of amides is 1. The van der Waals surface area contributed by atoms with Crippen LogP contribution in [0, 0.1) is 0 Å². The molecule has 0 saturated heterocycles. The third-order valence-corrected chi connectivity index (χ3v) is 15.1. The Labute approximate surface area is 421 Å². The first-order valence-electron chi connectivity index (χ1n) is 28.7. The van der Waals surface area contributed by atoms with Crippen molar-refractivity contribution in [2.75, 3.05) is 6.61 Å². The minimum absolute atomic E-state index is 0.239. The SMILES string of the molecule is CCCCCCCCCCCCCCCCCC/C=C/C(O)C(COP(=O)(O)OC1C(O)C(O)C(O)C(O)C1O)NC(=O)CC(O)CCCCCCCCCCCCCCCCCCCCCCC. The lowest BCUT2D eigenvalue weighted by Crippen LogP contribution is -2.64. The molecule has 0 aromatic heterocycles. The second-order valence-corrected chi connectivity index (χ2v) is 22.1. The zero-order valence-electron chi connectivity index (χ0n) is 44.0. The molecule has 1 aliphatic rings. The van der Waals surface area contributed by atoms with Crippen LogP contribution in [-0.4, -0.2) is 108 Å². The van der Waals surface area contributed by atoms with E-state index in [0.717, 1.165) is 44.9 Å². The number of aliphatic hydroxyl groups excluding tert-OH is 7. The molecule has 0 aromatic carbocycles. The normalized spacial score (nSPS) is 21.9. The van der Waals surface area contributed by atoms with E-state index in [1.165, 1.54) is 199 Å². The van der Waals surface area contributed by atoms with Gasteiger partial charge in [-0.05, 0) is 19.3 Å². The van der Waals surface area contributed by atoms with Crippen molar-refractivity contribution in [3.05, 3.63) is 12.2 Å². The molecule has 9 N–H and O–H groups in total. The Kier molecular flexibility index (Phi) is 42.6. The van der Waals surface area contributed by atoms with Crippen LogP contribution < -0.4 is 5.32 Å². The van der Waals surface area contributed by atoms with E-state index in [1.54, 1.807) is 6.08 Å². The zero-order chi connectivity index (χ0) is 50.8. The van der Waals surface area contributed by atoms with Gasteiger partial charge in [0.1, 0.15) is 36.6 Å². The van der Waals surface area contributed by atoms with E-state index in [1.807, 2.05) is 0 Å². The number of carbonyl (C=O) groups excluding carboxylic acids is 1. The lowest BCUT2D eigenvalue weighted by atomic mass is 9.85. The van der Waals surface area contributed by atoms with Gasteiger partial charge in [-0.15, -0.1) is 0 Å². The average molecular weight is 1010 g/mol. The Balaban J connectivity index is 2.40. The summed E-state index contributed by atoms with van der Waals surface area (Å²) in [6, 6.07) is -1.24. The number of phosphoric ester groups is 1. The van der Waals surface area contributed by atoms with E-state index >= 15 is 0 Å². The number of allylic oxidation sites excluding steroid dienone is 1. The van der Waals surface area contributed by atoms with Gasteiger partial charge < -0.3 is 46.0 Å². The van der Waals surface area contributed by atoms with Gasteiger partial charge in [-0.25, -0.2) is 4.57 Å². The molecule has 1 aliphatic carbocycles. The van der Waals surface area contributed by atoms with E-state index in [2.05, 4.69) is 19.2 Å². The van der Waals surface area contributed by atoms with Crippen molar-refractivity contribution in [1.29, 1.82) is 0 Å². The van der Waals surface area contributed by atoms with E-state index in [-0.39, 0.29) is 6.42 Å². The van der Waals surface area contributed by atoms with Crippen LogP contribution in [0.5, 0.6) is 0 Å². The number of carbonyl (C=O) groups is 1. The Bertz CT molecular complexity index is 1230. The lowest BCUT2D eigenvalue weighted by molar-refractivity contribution is -0.220. The zero-order valence-corrected chi connectivity index (χ0v) is 44.9. The van der Waals surface area contributed by atoms with Crippen molar-refractivity contribution < 1.29 is 59.0 Å². The maximum atomic E-state index is 13.1. The summed E-state index contributed by atoms with van der Waals surface area (Å²) < 4.78 is 23.0. The molecule has 8 unspecified atom stereocenters. The predicted molar refractivity (Wildman–Crippen MR) is 280 cm³/mol. The molecule has 0 spiro atoms. The first-order chi connectivity index (χ1) is 33.3. The molecule has 0 radical (unpaired) electrons. The minimum atomic E-state index is -5.14. The molecule has 0 heterocycles. The number of rotatable bonds is 49. The number of hydrogen-bond acceptors (Lipinski definition) is 11. The molecule has 0 aliphatic heterocycles. The second kappa shape index (κ2) is 44.5. The van der Waals surface area contributed by atoms with Crippen molar-refractivity contribution in [1.82, 2.24) is 5.32 Å².